The van der Waals surface area contributed by atoms with Crippen molar-refractivity contribution in [1.82, 2.24) is 4.90 Å². The third-order valence-corrected chi connectivity index (χ3v) is 7.63. The van der Waals surface area contributed by atoms with Gasteiger partial charge in [-0.25, -0.2) is 0 Å². The second kappa shape index (κ2) is 9.67. The highest BCUT2D eigenvalue weighted by Crippen LogP contribution is 2.52. The maximum absolute atomic E-state index is 14.7. The summed E-state index contributed by atoms with van der Waals surface area (Å²) >= 11 is 6.09. The number of amides is 2. The third-order valence-electron chi connectivity index (χ3n) is 7.37. The van der Waals surface area contributed by atoms with Gasteiger partial charge in [0.15, 0.2) is 11.0 Å². The quantitative estimate of drug-likeness (QED) is 0.288. The van der Waals surface area contributed by atoms with Crippen LogP contribution in [0.1, 0.15) is 47.5 Å². The average Bonchev–Trinajstić information content (AvgIpc) is 3.32. The van der Waals surface area contributed by atoms with Crippen LogP contribution in [0.5, 0.6) is 0 Å². The smallest absolute Gasteiger partial charge is 0.291 e. The molecule has 3 heterocycles. The van der Waals surface area contributed by atoms with E-state index in [0.29, 0.717) is 40.3 Å². The molecule has 0 radical (unpaired) electrons. The minimum atomic E-state index is -1.64. The van der Waals surface area contributed by atoms with Crippen molar-refractivity contribution >= 4 is 40.1 Å². The highest BCUT2D eigenvalue weighted by Gasteiger charge is 2.64. The molecule has 0 fully saturated rings. The summed E-state index contributed by atoms with van der Waals surface area (Å²) in [7, 11) is 0. The molecule has 6 rings (SSSR count). The lowest BCUT2D eigenvalue weighted by molar-refractivity contribution is -0.126. The van der Waals surface area contributed by atoms with E-state index < -0.39 is 11.4 Å². The van der Waals surface area contributed by atoms with Gasteiger partial charge in [0.05, 0.1) is 29.3 Å². The van der Waals surface area contributed by atoms with Gasteiger partial charge in [-0.1, -0.05) is 54.1 Å². The fraction of sp³-hybridized carbons (Fsp3) is 0.258. The number of nitrogens with zero attached hydrogens (tertiary/aromatic N) is 2. The van der Waals surface area contributed by atoms with Crippen molar-refractivity contribution in [2.45, 2.75) is 38.5 Å². The Hall–Kier alpha value is -3.94. The number of hydrogen-bond donors (Lipinski definition) is 0. The molecular weight excluding hydrogens is 516 g/mol. The van der Waals surface area contributed by atoms with Crippen LogP contribution in [0.4, 0.5) is 5.69 Å². The normalized spacial score (nSPS) is 18.1. The van der Waals surface area contributed by atoms with E-state index in [1.807, 2.05) is 50.2 Å². The van der Waals surface area contributed by atoms with Crippen molar-refractivity contribution in [1.29, 1.82) is 0 Å². The van der Waals surface area contributed by atoms with E-state index in [-0.39, 0.29) is 41.9 Å². The second-order valence-corrected chi connectivity index (χ2v) is 10.5. The lowest BCUT2D eigenvalue weighted by Crippen LogP contribution is -2.53. The molecule has 2 aliphatic rings. The lowest BCUT2D eigenvalue weighted by Gasteiger charge is -2.34. The maximum atomic E-state index is 14.7. The predicted octanol–water partition coefficient (Wildman–Crippen LogP) is 5.51. The Morgan fingerprint density at radius 3 is 2.44 bits per heavy atom. The number of carbonyl (C=O) groups excluding carboxylic acids is 2. The Morgan fingerprint density at radius 1 is 0.949 bits per heavy atom. The van der Waals surface area contributed by atoms with Crippen LogP contribution in [0, 0.1) is 0 Å². The van der Waals surface area contributed by atoms with Gasteiger partial charge in [-0.2, -0.15) is 0 Å². The summed E-state index contributed by atoms with van der Waals surface area (Å²) in [4.78, 5) is 46.0. The molecule has 0 N–H and O–H groups in total. The van der Waals surface area contributed by atoms with Gasteiger partial charge in [0.1, 0.15) is 5.58 Å². The van der Waals surface area contributed by atoms with Gasteiger partial charge in [0, 0.05) is 23.7 Å². The van der Waals surface area contributed by atoms with Crippen LogP contribution < -0.4 is 10.3 Å². The van der Waals surface area contributed by atoms with Crippen LogP contribution in [0.15, 0.2) is 82.0 Å². The molecule has 7 nitrogen and oxygen atoms in total. The number of fused-ring (bicyclic) bond motifs is 5. The van der Waals surface area contributed by atoms with Crippen LogP contribution in [0.25, 0.3) is 11.0 Å². The summed E-state index contributed by atoms with van der Waals surface area (Å²) in [6.07, 6.45) is 0.516. The van der Waals surface area contributed by atoms with Gasteiger partial charge < -0.3 is 19.0 Å². The lowest BCUT2D eigenvalue weighted by atomic mass is 9.84. The fourth-order valence-corrected chi connectivity index (χ4v) is 5.83. The van der Waals surface area contributed by atoms with Crippen LogP contribution in [-0.2, 0) is 21.6 Å². The van der Waals surface area contributed by atoms with E-state index >= 15 is 0 Å². The molecule has 4 aromatic rings. The highest BCUT2D eigenvalue weighted by molar-refractivity contribution is 6.30. The third kappa shape index (κ3) is 3.87. The molecule has 1 atom stereocenters. The van der Waals surface area contributed by atoms with Gasteiger partial charge in [-0.15, -0.1) is 0 Å². The van der Waals surface area contributed by atoms with E-state index in [2.05, 4.69) is 0 Å². The van der Waals surface area contributed by atoms with Crippen molar-refractivity contribution in [3.63, 3.8) is 0 Å². The first-order chi connectivity index (χ1) is 18.8. The van der Waals surface area contributed by atoms with Gasteiger partial charge in [0.25, 0.3) is 11.8 Å². The topological polar surface area (TPSA) is 80.1 Å². The molecular formula is C31H27ClN2O5. The monoisotopic (exact) mass is 542 g/mol. The molecule has 0 bridgehead atoms. The van der Waals surface area contributed by atoms with Gasteiger partial charge in [-0.3, -0.25) is 14.4 Å². The fourth-order valence-electron chi connectivity index (χ4n) is 5.71. The van der Waals surface area contributed by atoms with E-state index in [1.54, 1.807) is 41.3 Å². The Labute approximate surface area is 230 Å². The first kappa shape index (κ1) is 25.3. The highest BCUT2D eigenvalue weighted by atomic mass is 35.5. The standard InChI is InChI=1S/C31H27ClN2O5/c1-19(2)38-17-7-16-34-29(36)28-26(27(35)22-8-3-6-11-25(22)39-28)31(34)23-9-4-5-10-24(23)33(30(31)37)18-20-12-14-21(32)15-13-20/h3-6,8-15,19H,7,16-18H2,1-2H3. The summed E-state index contributed by atoms with van der Waals surface area (Å²) in [5.74, 6) is -0.924. The molecule has 3 aromatic carbocycles. The van der Waals surface area contributed by atoms with Crippen molar-refractivity contribution in [3.05, 3.63) is 110 Å². The number of halogens is 1. The minimum absolute atomic E-state index is 0.0303. The molecule has 0 aliphatic carbocycles. The first-order valence-corrected chi connectivity index (χ1v) is 13.4. The predicted molar refractivity (Wildman–Crippen MR) is 149 cm³/mol. The van der Waals surface area contributed by atoms with Crippen LogP contribution in [0.2, 0.25) is 5.02 Å². The zero-order chi connectivity index (χ0) is 27.3. The average molecular weight is 543 g/mol. The summed E-state index contributed by atoms with van der Waals surface area (Å²) in [5.41, 5.74) is 0.470. The number of anilines is 1. The Kier molecular flexibility index (Phi) is 6.28. The zero-order valence-electron chi connectivity index (χ0n) is 21.6. The molecule has 1 unspecified atom stereocenters. The summed E-state index contributed by atoms with van der Waals surface area (Å²) in [6, 6.07) is 21.4. The Balaban J connectivity index is 1.56. The molecule has 198 valence electrons. The first-order valence-electron chi connectivity index (χ1n) is 13.0. The van der Waals surface area contributed by atoms with E-state index in [0.717, 1.165) is 5.56 Å². The SMILES string of the molecule is CC(C)OCCCN1C(=O)c2oc3ccccc3c(=O)c2C12C(=O)N(Cc1ccc(Cl)cc1)c1ccccc12. The van der Waals surface area contributed by atoms with Crippen LogP contribution >= 0.6 is 11.6 Å². The molecule has 1 aromatic heterocycles. The van der Waals surface area contributed by atoms with Gasteiger partial charge in [0.2, 0.25) is 5.76 Å². The van der Waals surface area contributed by atoms with E-state index in [4.69, 9.17) is 20.8 Å². The van der Waals surface area contributed by atoms with Crippen molar-refractivity contribution in [2.24, 2.45) is 0 Å². The second-order valence-electron chi connectivity index (χ2n) is 10.1. The van der Waals surface area contributed by atoms with E-state index in [9.17, 15) is 14.4 Å². The molecule has 2 aliphatic heterocycles. The number of rotatable bonds is 7. The molecule has 8 heteroatoms. The molecule has 2 amide bonds. The summed E-state index contributed by atoms with van der Waals surface area (Å²) in [6.45, 7) is 4.75. The molecule has 39 heavy (non-hydrogen) atoms. The summed E-state index contributed by atoms with van der Waals surface area (Å²) < 4.78 is 11.8. The van der Waals surface area contributed by atoms with Crippen molar-refractivity contribution in [2.75, 3.05) is 18.1 Å². The van der Waals surface area contributed by atoms with Crippen molar-refractivity contribution < 1.29 is 18.7 Å². The van der Waals surface area contributed by atoms with Crippen LogP contribution in [0.3, 0.4) is 0 Å². The van der Waals surface area contributed by atoms with Gasteiger partial charge in [-0.05, 0) is 56.2 Å². The summed E-state index contributed by atoms with van der Waals surface area (Å²) in [5, 5.41) is 0.924. The Bertz CT molecular complexity index is 1660. The molecule has 1 spiro atoms. The van der Waals surface area contributed by atoms with Crippen molar-refractivity contribution in [3.8, 4) is 0 Å². The number of hydrogen-bond acceptors (Lipinski definition) is 5. The number of carbonyl (C=O) groups is 2. The van der Waals surface area contributed by atoms with Gasteiger partial charge >= 0.3 is 0 Å². The zero-order valence-corrected chi connectivity index (χ0v) is 22.4. The number of para-hydroxylation sites is 2. The number of ether oxygens (including phenoxy) is 1. The Morgan fingerprint density at radius 2 is 1.67 bits per heavy atom. The number of benzene rings is 3. The largest absolute Gasteiger partial charge is 0.450 e. The molecule has 0 saturated carbocycles. The van der Waals surface area contributed by atoms with Crippen LogP contribution in [-0.4, -0.2) is 36.0 Å². The minimum Gasteiger partial charge on any atom is -0.450 e. The molecule has 0 saturated heterocycles. The van der Waals surface area contributed by atoms with E-state index in [1.165, 1.54) is 4.90 Å². The maximum Gasteiger partial charge on any atom is 0.291 e.